The van der Waals surface area contributed by atoms with Crippen molar-refractivity contribution in [2.45, 2.75) is 77.9 Å². The molecule has 1 rings (SSSR count). The number of aliphatic hydroxyl groups is 3. The third-order valence-electron chi connectivity index (χ3n) is 4.87. The molecule has 3 heteroatoms. The standard InChI is InChI=1S/C20H34O3/c1-15(2)18-10-8-16(3)6-5-7-17(14-21)9-11-19(22)20(4,23)13-12-18/h7-8,10,15,19,21-23H,5-6,9,11-14H2,1-4H3. The molecular formula is C20H34O3. The molecular weight excluding hydrogens is 288 g/mol. The lowest BCUT2D eigenvalue weighted by Crippen LogP contribution is -2.39. The van der Waals surface area contributed by atoms with Crippen molar-refractivity contribution < 1.29 is 15.3 Å². The lowest BCUT2D eigenvalue weighted by molar-refractivity contribution is -0.0698. The molecule has 0 aromatic carbocycles. The van der Waals surface area contributed by atoms with Crippen LogP contribution in [0.3, 0.4) is 0 Å². The summed E-state index contributed by atoms with van der Waals surface area (Å²) in [5.41, 5.74) is 2.47. The van der Waals surface area contributed by atoms with Crippen LogP contribution in [-0.2, 0) is 0 Å². The predicted octanol–water partition coefficient (Wildman–Crippen LogP) is 3.90. The average Bonchev–Trinajstić information content (AvgIpc) is 2.48. The molecule has 0 fully saturated rings. The monoisotopic (exact) mass is 322 g/mol. The van der Waals surface area contributed by atoms with Crippen LogP contribution in [0.15, 0.2) is 34.9 Å². The van der Waals surface area contributed by atoms with E-state index in [1.54, 1.807) is 6.92 Å². The van der Waals surface area contributed by atoms with Crippen LogP contribution >= 0.6 is 0 Å². The lowest BCUT2D eigenvalue weighted by Gasteiger charge is -2.30. The Morgan fingerprint density at radius 2 is 1.91 bits per heavy atom. The molecule has 0 saturated carbocycles. The molecule has 0 heterocycles. The van der Waals surface area contributed by atoms with Crippen LogP contribution in [0.5, 0.6) is 0 Å². The Balaban J connectivity index is 3.01. The summed E-state index contributed by atoms with van der Waals surface area (Å²) in [5.74, 6) is 0.431. The zero-order valence-electron chi connectivity index (χ0n) is 15.2. The number of hydrogen-bond donors (Lipinski definition) is 3. The molecule has 0 amide bonds. The van der Waals surface area contributed by atoms with Crippen molar-refractivity contribution in [1.29, 1.82) is 0 Å². The Morgan fingerprint density at radius 1 is 1.22 bits per heavy atom. The van der Waals surface area contributed by atoms with Crippen molar-refractivity contribution in [1.82, 2.24) is 0 Å². The molecule has 0 aromatic heterocycles. The van der Waals surface area contributed by atoms with Crippen LogP contribution < -0.4 is 0 Å². The predicted molar refractivity (Wildman–Crippen MR) is 96.2 cm³/mol. The largest absolute Gasteiger partial charge is 0.392 e. The first-order valence-corrected chi connectivity index (χ1v) is 8.81. The van der Waals surface area contributed by atoms with Crippen LogP contribution in [0.1, 0.15) is 66.2 Å². The van der Waals surface area contributed by atoms with Gasteiger partial charge in [-0.05, 0) is 63.9 Å². The second-order valence-electron chi connectivity index (χ2n) is 7.38. The smallest absolute Gasteiger partial charge is 0.0880 e. The minimum atomic E-state index is -1.10. The summed E-state index contributed by atoms with van der Waals surface area (Å²) in [6, 6.07) is 0. The van der Waals surface area contributed by atoms with Crippen molar-refractivity contribution in [2.24, 2.45) is 5.92 Å². The Morgan fingerprint density at radius 3 is 2.52 bits per heavy atom. The molecule has 2 unspecified atom stereocenters. The number of allylic oxidation sites excluding steroid dienone is 5. The molecule has 0 saturated heterocycles. The summed E-state index contributed by atoms with van der Waals surface area (Å²) in [5, 5.41) is 30.4. The first-order chi connectivity index (χ1) is 10.8. The lowest BCUT2D eigenvalue weighted by atomic mass is 9.85. The van der Waals surface area contributed by atoms with E-state index in [9.17, 15) is 15.3 Å². The molecule has 1 aliphatic rings. The zero-order chi connectivity index (χ0) is 17.5. The van der Waals surface area contributed by atoms with Gasteiger partial charge in [-0.2, -0.15) is 0 Å². The van der Waals surface area contributed by atoms with E-state index in [0.717, 1.165) is 24.8 Å². The SMILES string of the molecule is CC1=CC=C(C(C)C)CCC(C)(O)C(O)CCC(CO)=CCC1. The maximum atomic E-state index is 10.6. The summed E-state index contributed by atoms with van der Waals surface area (Å²) in [4.78, 5) is 0. The van der Waals surface area contributed by atoms with Crippen LogP contribution in [-0.4, -0.2) is 33.6 Å². The van der Waals surface area contributed by atoms with E-state index in [-0.39, 0.29) is 6.61 Å². The Bertz CT molecular complexity index is 456. The van der Waals surface area contributed by atoms with Crippen molar-refractivity contribution in [3.63, 3.8) is 0 Å². The highest BCUT2D eigenvalue weighted by Gasteiger charge is 2.30. The zero-order valence-corrected chi connectivity index (χ0v) is 15.2. The second kappa shape index (κ2) is 9.41. The van der Waals surface area contributed by atoms with Gasteiger partial charge in [0.1, 0.15) is 0 Å². The van der Waals surface area contributed by atoms with Crippen molar-refractivity contribution >= 4 is 0 Å². The number of aliphatic hydroxyl groups excluding tert-OH is 2. The highest BCUT2D eigenvalue weighted by Crippen LogP contribution is 2.27. The van der Waals surface area contributed by atoms with Crippen LogP contribution in [0, 0.1) is 5.92 Å². The number of hydrogen-bond acceptors (Lipinski definition) is 3. The third kappa shape index (κ3) is 7.03. The van der Waals surface area contributed by atoms with Gasteiger partial charge in [0, 0.05) is 0 Å². The molecule has 0 spiro atoms. The Hall–Kier alpha value is -0.900. The molecule has 132 valence electrons. The van der Waals surface area contributed by atoms with Crippen molar-refractivity contribution in [2.75, 3.05) is 6.61 Å². The van der Waals surface area contributed by atoms with Crippen molar-refractivity contribution in [3.05, 3.63) is 34.9 Å². The summed E-state index contributed by atoms with van der Waals surface area (Å²) in [6.45, 7) is 8.20. The van der Waals surface area contributed by atoms with Gasteiger partial charge in [-0.25, -0.2) is 0 Å². The minimum absolute atomic E-state index is 0.0228. The van der Waals surface area contributed by atoms with E-state index in [1.165, 1.54) is 11.1 Å². The Kier molecular flexibility index (Phi) is 8.24. The van der Waals surface area contributed by atoms with Gasteiger partial charge < -0.3 is 15.3 Å². The highest BCUT2D eigenvalue weighted by molar-refractivity contribution is 5.19. The fourth-order valence-electron chi connectivity index (χ4n) is 2.84. The van der Waals surface area contributed by atoms with Gasteiger partial charge in [0.15, 0.2) is 0 Å². The summed E-state index contributed by atoms with van der Waals surface area (Å²) in [6.07, 6.45) is 9.95. The molecule has 0 radical (unpaired) electrons. The van der Waals surface area contributed by atoms with Crippen LogP contribution in [0.4, 0.5) is 0 Å². The number of rotatable bonds is 2. The minimum Gasteiger partial charge on any atom is -0.392 e. The molecule has 3 nitrogen and oxygen atoms in total. The van der Waals surface area contributed by atoms with Gasteiger partial charge in [0.05, 0.1) is 18.3 Å². The maximum Gasteiger partial charge on any atom is 0.0880 e. The molecule has 3 N–H and O–H groups in total. The van der Waals surface area contributed by atoms with Crippen molar-refractivity contribution in [3.8, 4) is 0 Å². The highest BCUT2D eigenvalue weighted by atomic mass is 16.3. The van der Waals surface area contributed by atoms with Gasteiger partial charge in [-0.3, -0.25) is 0 Å². The van der Waals surface area contributed by atoms with Crippen LogP contribution in [0.2, 0.25) is 0 Å². The first kappa shape index (κ1) is 20.1. The third-order valence-corrected chi connectivity index (χ3v) is 4.87. The molecule has 0 bridgehead atoms. The van der Waals surface area contributed by atoms with Gasteiger partial charge in [-0.1, -0.05) is 43.2 Å². The van der Waals surface area contributed by atoms with E-state index in [2.05, 4.69) is 39.0 Å². The van der Waals surface area contributed by atoms with E-state index in [0.29, 0.717) is 25.2 Å². The molecule has 0 aliphatic heterocycles. The Labute approximate surface area is 141 Å². The molecule has 23 heavy (non-hydrogen) atoms. The molecule has 1 aliphatic carbocycles. The van der Waals surface area contributed by atoms with E-state index in [1.807, 2.05) is 0 Å². The summed E-state index contributed by atoms with van der Waals surface area (Å²) in [7, 11) is 0. The molecule has 0 aromatic rings. The quantitative estimate of drug-likeness (QED) is 0.676. The maximum absolute atomic E-state index is 10.6. The first-order valence-electron chi connectivity index (χ1n) is 8.81. The second-order valence-corrected chi connectivity index (χ2v) is 7.38. The summed E-state index contributed by atoms with van der Waals surface area (Å²) >= 11 is 0. The van der Waals surface area contributed by atoms with E-state index < -0.39 is 11.7 Å². The molecule has 2 atom stereocenters. The van der Waals surface area contributed by atoms with Gasteiger partial charge >= 0.3 is 0 Å². The van der Waals surface area contributed by atoms with E-state index in [4.69, 9.17) is 0 Å². The average molecular weight is 322 g/mol. The van der Waals surface area contributed by atoms with Crippen LogP contribution in [0.25, 0.3) is 0 Å². The normalized spacial score (nSPS) is 28.7. The van der Waals surface area contributed by atoms with Gasteiger partial charge in [0.2, 0.25) is 0 Å². The van der Waals surface area contributed by atoms with E-state index >= 15 is 0 Å². The van der Waals surface area contributed by atoms with Gasteiger partial charge in [0.25, 0.3) is 0 Å². The fraction of sp³-hybridized carbons (Fsp3) is 0.700. The van der Waals surface area contributed by atoms with Gasteiger partial charge in [-0.15, -0.1) is 0 Å². The fourth-order valence-corrected chi connectivity index (χ4v) is 2.84. The topological polar surface area (TPSA) is 60.7 Å². The summed E-state index contributed by atoms with van der Waals surface area (Å²) < 4.78 is 0.